The van der Waals surface area contributed by atoms with Gasteiger partial charge in [-0.3, -0.25) is 4.90 Å². The Balaban J connectivity index is 1.35. The van der Waals surface area contributed by atoms with Crippen molar-refractivity contribution in [1.29, 1.82) is 0 Å². The molecule has 180 valence electrons. The van der Waals surface area contributed by atoms with Gasteiger partial charge in [-0.25, -0.2) is 13.5 Å². The normalized spacial score (nSPS) is 14.8. The molecule has 3 aromatic rings. The molecule has 3 heterocycles. The van der Waals surface area contributed by atoms with E-state index in [0.717, 1.165) is 37.0 Å². The smallest absolute Gasteiger partial charge is 0.254 e. The average molecular weight is 471 g/mol. The van der Waals surface area contributed by atoms with Gasteiger partial charge in [0.15, 0.2) is 0 Å². The SMILES string of the molecule is Cc1c(/C=C/CN2CCN(c3cc(F)cc(F)c3)CC2)cnn1-c1nc(N)cc(NCCO)n1. The second kappa shape index (κ2) is 10.6. The standard InChI is InChI=1S/C23H28F2N8O/c1-16-17(15-28-33(16)23-29-21(26)14-22(30-23)27-4-10-34)3-2-5-31-6-8-32(9-7-31)20-12-18(24)11-19(25)13-20/h2-3,11-15,34H,4-10H2,1H3,(H3,26,27,29,30)/b3-2+. The van der Waals surface area contributed by atoms with E-state index in [2.05, 4.69) is 31.4 Å². The fraction of sp³-hybridized carbons (Fsp3) is 0.348. The number of aromatic nitrogens is 4. The van der Waals surface area contributed by atoms with Crippen molar-refractivity contribution in [2.45, 2.75) is 6.92 Å². The Hall–Kier alpha value is -3.57. The Labute approximate surface area is 196 Å². The van der Waals surface area contributed by atoms with Crippen LogP contribution in [0.3, 0.4) is 0 Å². The third-order valence-electron chi connectivity index (χ3n) is 5.64. The summed E-state index contributed by atoms with van der Waals surface area (Å²) in [5, 5.41) is 16.4. The molecule has 0 aliphatic carbocycles. The molecule has 0 radical (unpaired) electrons. The predicted octanol–water partition coefficient (Wildman–Crippen LogP) is 2.07. The van der Waals surface area contributed by atoms with E-state index in [1.54, 1.807) is 16.9 Å². The fourth-order valence-corrected chi connectivity index (χ4v) is 3.85. The molecule has 4 rings (SSSR count). The van der Waals surface area contributed by atoms with E-state index in [1.165, 1.54) is 12.1 Å². The van der Waals surface area contributed by atoms with Gasteiger partial charge in [-0.1, -0.05) is 12.2 Å². The van der Waals surface area contributed by atoms with E-state index >= 15 is 0 Å². The molecule has 9 nitrogen and oxygen atoms in total. The van der Waals surface area contributed by atoms with Gasteiger partial charge in [0.05, 0.1) is 18.5 Å². The minimum atomic E-state index is -0.558. The number of nitrogen functional groups attached to an aromatic ring is 1. The zero-order valence-electron chi connectivity index (χ0n) is 19.0. The lowest BCUT2D eigenvalue weighted by Crippen LogP contribution is -2.46. The van der Waals surface area contributed by atoms with Crippen LogP contribution in [0.4, 0.5) is 26.1 Å². The second-order valence-corrected chi connectivity index (χ2v) is 8.04. The maximum Gasteiger partial charge on any atom is 0.254 e. The van der Waals surface area contributed by atoms with Crippen LogP contribution in [0.25, 0.3) is 12.0 Å². The molecule has 2 aromatic heterocycles. The largest absolute Gasteiger partial charge is 0.395 e. The number of nitrogens with one attached hydrogen (secondary N) is 1. The molecule has 1 aromatic carbocycles. The Morgan fingerprint density at radius 2 is 1.82 bits per heavy atom. The van der Waals surface area contributed by atoms with Crippen LogP contribution in [0.2, 0.25) is 0 Å². The lowest BCUT2D eigenvalue weighted by molar-refractivity contribution is 0.284. The highest BCUT2D eigenvalue weighted by Gasteiger charge is 2.17. The van der Waals surface area contributed by atoms with Crippen molar-refractivity contribution in [2.24, 2.45) is 0 Å². The number of piperazine rings is 1. The summed E-state index contributed by atoms with van der Waals surface area (Å²) in [7, 11) is 0. The monoisotopic (exact) mass is 470 g/mol. The highest BCUT2D eigenvalue weighted by molar-refractivity contribution is 5.53. The van der Waals surface area contributed by atoms with Crippen LogP contribution in [0.1, 0.15) is 11.3 Å². The van der Waals surface area contributed by atoms with Crippen LogP contribution in [0.15, 0.2) is 36.5 Å². The summed E-state index contributed by atoms with van der Waals surface area (Å²) in [6, 6.07) is 5.23. The first kappa shape index (κ1) is 23.6. The van der Waals surface area contributed by atoms with Crippen molar-refractivity contribution < 1.29 is 13.9 Å². The maximum atomic E-state index is 13.5. The molecule has 1 aliphatic heterocycles. The van der Waals surface area contributed by atoms with Crippen molar-refractivity contribution in [3.63, 3.8) is 0 Å². The number of halogens is 2. The van der Waals surface area contributed by atoms with Gasteiger partial charge in [-0.05, 0) is 19.1 Å². The van der Waals surface area contributed by atoms with Crippen LogP contribution >= 0.6 is 0 Å². The van der Waals surface area contributed by atoms with Gasteiger partial charge in [0.1, 0.15) is 23.3 Å². The van der Waals surface area contributed by atoms with Gasteiger partial charge in [-0.15, -0.1) is 0 Å². The number of rotatable bonds is 8. The van der Waals surface area contributed by atoms with E-state index in [1.807, 2.05) is 17.9 Å². The first-order valence-corrected chi connectivity index (χ1v) is 11.1. The Kier molecular flexibility index (Phi) is 7.33. The maximum absolute atomic E-state index is 13.5. The summed E-state index contributed by atoms with van der Waals surface area (Å²) in [5.74, 6) is 0.0544. The topological polar surface area (TPSA) is 108 Å². The van der Waals surface area contributed by atoms with E-state index in [-0.39, 0.29) is 6.61 Å². The number of hydrogen-bond acceptors (Lipinski definition) is 8. The third-order valence-corrected chi connectivity index (χ3v) is 5.64. The molecule has 0 bridgehead atoms. The van der Waals surface area contributed by atoms with Gasteiger partial charge >= 0.3 is 0 Å². The number of nitrogens with two attached hydrogens (primary N) is 1. The van der Waals surface area contributed by atoms with Gasteiger partial charge in [0.25, 0.3) is 5.95 Å². The highest BCUT2D eigenvalue weighted by Crippen LogP contribution is 2.20. The molecule has 1 fully saturated rings. The van der Waals surface area contributed by atoms with Crippen LogP contribution < -0.4 is 16.0 Å². The summed E-state index contributed by atoms with van der Waals surface area (Å²) in [4.78, 5) is 13.0. The Bertz CT molecular complexity index is 1140. The van der Waals surface area contributed by atoms with Crippen LogP contribution in [0, 0.1) is 18.6 Å². The summed E-state index contributed by atoms with van der Waals surface area (Å²) in [6.45, 7) is 6.00. The van der Waals surface area contributed by atoms with E-state index in [0.29, 0.717) is 42.9 Å². The molecule has 4 N–H and O–H groups in total. The summed E-state index contributed by atoms with van der Waals surface area (Å²) < 4.78 is 28.6. The molecule has 11 heteroatoms. The van der Waals surface area contributed by atoms with Crippen molar-refractivity contribution in [2.75, 3.05) is 61.8 Å². The molecular formula is C23H28F2N8O. The number of aliphatic hydroxyl groups is 1. The quantitative estimate of drug-likeness (QED) is 0.459. The Morgan fingerprint density at radius 1 is 1.09 bits per heavy atom. The fourth-order valence-electron chi connectivity index (χ4n) is 3.85. The van der Waals surface area contributed by atoms with Crippen molar-refractivity contribution in [3.05, 3.63) is 59.4 Å². The van der Waals surface area contributed by atoms with Crippen molar-refractivity contribution in [1.82, 2.24) is 24.6 Å². The van der Waals surface area contributed by atoms with E-state index in [4.69, 9.17) is 10.8 Å². The minimum Gasteiger partial charge on any atom is -0.395 e. The number of hydrogen-bond donors (Lipinski definition) is 3. The van der Waals surface area contributed by atoms with Gasteiger partial charge in [0.2, 0.25) is 0 Å². The molecule has 0 unspecified atom stereocenters. The molecular weight excluding hydrogens is 442 g/mol. The number of nitrogens with zero attached hydrogens (tertiary/aromatic N) is 6. The van der Waals surface area contributed by atoms with Gasteiger partial charge in [-0.2, -0.15) is 15.1 Å². The summed E-state index contributed by atoms with van der Waals surface area (Å²) in [6.07, 6.45) is 5.82. The molecule has 0 saturated carbocycles. The average Bonchev–Trinajstić information content (AvgIpc) is 3.17. The zero-order chi connectivity index (χ0) is 24.1. The first-order valence-electron chi connectivity index (χ1n) is 11.1. The first-order chi connectivity index (χ1) is 16.4. The van der Waals surface area contributed by atoms with Crippen molar-refractivity contribution in [3.8, 4) is 5.95 Å². The summed E-state index contributed by atoms with van der Waals surface area (Å²) in [5.41, 5.74) is 8.28. The molecule has 34 heavy (non-hydrogen) atoms. The minimum absolute atomic E-state index is 0.0204. The zero-order valence-corrected chi connectivity index (χ0v) is 19.0. The number of anilines is 3. The van der Waals surface area contributed by atoms with E-state index < -0.39 is 11.6 Å². The van der Waals surface area contributed by atoms with Crippen LogP contribution in [0.5, 0.6) is 0 Å². The lowest BCUT2D eigenvalue weighted by atomic mass is 10.2. The third kappa shape index (κ3) is 5.67. The molecule has 0 atom stereocenters. The lowest BCUT2D eigenvalue weighted by Gasteiger charge is -2.35. The molecule has 1 aliphatic rings. The van der Waals surface area contributed by atoms with Crippen LogP contribution in [-0.2, 0) is 0 Å². The second-order valence-electron chi connectivity index (χ2n) is 8.04. The summed E-state index contributed by atoms with van der Waals surface area (Å²) >= 11 is 0. The Morgan fingerprint density at radius 3 is 2.53 bits per heavy atom. The predicted molar refractivity (Wildman–Crippen MR) is 128 cm³/mol. The van der Waals surface area contributed by atoms with Crippen LogP contribution in [-0.4, -0.2) is 75.6 Å². The number of aliphatic hydroxyl groups excluding tert-OH is 1. The van der Waals surface area contributed by atoms with Gasteiger partial charge < -0.3 is 21.1 Å². The molecule has 1 saturated heterocycles. The molecule has 0 amide bonds. The van der Waals surface area contributed by atoms with E-state index in [9.17, 15) is 8.78 Å². The highest BCUT2D eigenvalue weighted by atomic mass is 19.1. The number of benzene rings is 1. The molecule has 0 spiro atoms. The van der Waals surface area contributed by atoms with Gasteiger partial charge in [0, 0.05) is 62.7 Å². The van der Waals surface area contributed by atoms with Crippen molar-refractivity contribution >= 4 is 23.4 Å².